The molecule has 134 valence electrons. The fourth-order valence-electron chi connectivity index (χ4n) is 2.71. The molecule has 1 N–H and O–H groups in total. The van der Waals surface area contributed by atoms with Gasteiger partial charge in [-0.25, -0.2) is 0 Å². The lowest BCUT2D eigenvalue weighted by molar-refractivity contribution is 0.282. The van der Waals surface area contributed by atoms with Crippen molar-refractivity contribution in [2.75, 3.05) is 12.4 Å². The van der Waals surface area contributed by atoms with Crippen LogP contribution in [0, 0.1) is 10.5 Å². The van der Waals surface area contributed by atoms with E-state index in [0.717, 1.165) is 38.4 Å². The lowest BCUT2D eigenvalue weighted by atomic mass is 10.1. The highest BCUT2D eigenvalue weighted by molar-refractivity contribution is 14.1. The van der Waals surface area contributed by atoms with E-state index in [0.29, 0.717) is 6.61 Å². The fourth-order valence-corrected chi connectivity index (χ4v) is 3.54. The Balaban J connectivity index is 1.73. The number of ether oxygens (including phenoxy) is 2. The van der Waals surface area contributed by atoms with Gasteiger partial charge in [0.05, 0.1) is 10.7 Å². The molecule has 0 fully saturated rings. The van der Waals surface area contributed by atoms with Gasteiger partial charge in [-0.15, -0.1) is 0 Å². The number of para-hydroxylation sites is 1. The summed E-state index contributed by atoms with van der Waals surface area (Å²) >= 11 is 2.31. The summed E-state index contributed by atoms with van der Waals surface area (Å²) in [5.41, 5.74) is 4.67. The van der Waals surface area contributed by atoms with E-state index in [-0.39, 0.29) is 0 Å². The molecule has 0 bridgehead atoms. The Bertz CT molecular complexity index is 865. The van der Waals surface area contributed by atoms with E-state index in [1.165, 1.54) is 5.56 Å². The summed E-state index contributed by atoms with van der Waals surface area (Å²) in [6.07, 6.45) is 0. The van der Waals surface area contributed by atoms with Crippen LogP contribution in [-0.4, -0.2) is 7.11 Å². The molecule has 3 nitrogen and oxygen atoms in total. The topological polar surface area (TPSA) is 30.5 Å². The molecule has 0 saturated carbocycles. The van der Waals surface area contributed by atoms with E-state index in [2.05, 4.69) is 65.2 Å². The number of benzene rings is 3. The number of anilines is 1. The quantitative estimate of drug-likeness (QED) is 0.453. The third-order valence-corrected chi connectivity index (χ3v) is 4.94. The van der Waals surface area contributed by atoms with E-state index in [4.69, 9.17) is 9.47 Å². The van der Waals surface area contributed by atoms with Crippen LogP contribution in [-0.2, 0) is 13.2 Å². The Morgan fingerprint density at radius 2 is 1.65 bits per heavy atom. The van der Waals surface area contributed by atoms with Crippen LogP contribution in [0.5, 0.6) is 11.5 Å². The molecular weight excluding hydrogens is 437 g/mol. The van der Waals surface area contributed by atoms with Crippen LogP contribution in [0.2, 0.25) is 0 Å². The van der Waals surface area contributed by atoms with Crippen LogP contribution in [0.1, 0.15) is 16.7 Å². The van der Waals surface area contributed by atoms with E-state index in [1.807, 2.05) is 36.4 Å². The van der Waals surface area contributed by atoms with Crippen molar-refractivity contribution in [2.24, 2.45) is 0 Å². The van der Waals surface area contributed by atoms with Gasteiger partial charge in [-0.05, 0) is 64.4 Å². The molecule has 0 spiro atoms. The van der Waals surface area contributed by atoms with Crippen molar-refractivity contribution >= 4 is 28.3 Å². The predicted molar refractivity (Wildman–Crippen MR) is 115 cm³/mol. The van der Waals surface area contributed by atoms with E-state index in [9.17, 15) is 0 Å². The molecular formula is C22H22INO2. The van der Waals surface area contributed by atoms with Crippen LogP contribution in [0.3, 0.4) is 0 Å². The number of nitrogens with one attached hydrogen (secondary N) is 1. The molecule has 0 heterocycles. The maximum Gasteiger partial charge on any atom is 0.174 e. The predicted octanol–water partition coefficient (Wildman–Crippen LogP) is 5.80. The Kier molecular flexibility index (Phi) is 6.39. The highest BCUT2D eigenvalue weighted by Gasteiger charge is 2.12. The molecule has 0 aliphatic rings. The van der Waals surface area contributed by atoms with Gasteiger partial charge >= 0.3 is 0 Å². The normalized spacial score (nSPS) is 10.4. The Hall–Kier alpha value is -2.21. The minimum Gasteiger partial charge on any atom is -0.493 e. The first-order valence-electron chi connectivity index (χ1n) is 8.50. The van der Waals surface area contributed by atoms with Crippen LogP contribution in [0.4, 0.5) is 5.69 Å². The second-order valence-corrected chi connectivity index (χ2v) is 7.21. The molecule has 0 radical (unpaired) electrons. The molecule has 0 atom stereocenters. The molecule has 3 aromatic carbocycles. The Morgan fingerprint density at radius 3 is 2.38 bits per heavy atom. The third kappa shape index (κ3) is 4.69. The van der Waals surface area contributed by atoms with Crippen molar-refractivity contribution in [2.45, 2.75) is 20.1 Å². The summed E-state index contributed by atoms with van der Waals surface area (Å²) in [6.45, 7) is 3.36. The second-order valence-electron chi connectivity index (χ2n) is 6.05. The highest BCUT2D eigenvalue weighted by Crippen LogP contribution is 2.34. The summed E-state index contributed by atoms with van der Waals surface area (Å²) in [5.74, 6) is 1.55. The van der Waals surface area contributed by atoms with E-state index < -0.39 is 0 Å². The number of aryl methyl sites for hydroxylation is 1. The van der Waals surface area contributed by atoms with Gasteiger partial charge in [0.25, 0.3) is 0 Å². The summed E-state index contributed by atoms with van der Waals surface area (Å²) in [4.78, 5) is 0. The molecule has 0 amide bonds. The van der Waals surface area contributed by atoms with Crippen LogP contribution in [0.15, 0.2) is 66.7 Å². The van der Waals surface area contributed by atoms with Gasteiger partial charge in [-0.2, -0.15) is 0 Å². The summed E-state index contributed by atoms with van der Waals surface area (Å²) < 4.78 is 12.6. The monoisotopic (exact) mass is 459 g/mol. The molecule has 0 saturated heterocycles. The van der Waals surface area contributed by atoms with E-state index in [1.54, 1.807) is 7.11 Å². The molecule has 0 aliphatic carbocycles. The average Bonchev–Trinajstić information content (AvgIpc) is 2.67. The zero-order valence-electron chi connectivity index (χ0n) is 15.0. The summed E-state index contributed by atoms with van der Waals surface area (Å²) in [5, 5.41) is 3.49. The Labute approximate surface area is 168 Å². The van der Waals surface area contributed by atoms with Gasteiger partial charge in [-0.3, -0.25) is 0 Å². The first-order chi connectivity index (χ1) is 12.7. The van der Waals surface area contributed by atoms with Crippen LogP contribution in [0.25, 0.3) is 0 Å². The summed E-state index contributed by atoms with van der Waals surface area (Å²) in [7, 11) is 1.68. The molecule has 3 aromatic rings. The maximum absolute atomic E-state index is 6.03. The van der Waals surface area contributed by atoms with Crippen molar-refractivity contribution in [3.8, 4) is 11.5 Å². The standard InChI is InChI=1S/C22H22INO2/c1-16-8-6-7-11-20(16)24-14-18-12-19(23)22(21(13-18)25-2)26-15-17-9-4-3-5-10-17/h3-13,24H,14-15H2,1-2H3. The van der Waals surface area contributed by atoms with Crippen LogP contribution >= 0.6 is 22.6 Å². The SMILES string of the molecule is COc1cc(CNc2ccccc2C)cc(I)c1OCc1ccccc1. The van der Waals surface area contributed by atoms with Gasteiger partial charge in [0.1, 0.15) is 6.61 Å². The Morgan fingerprint density at radius 1 is 0.923 bits per heavy atom. The zero-order valence-corrected chi connectivity index (χ0v) is 17.1. The highest BCUT2D eigenvalue weighted by atomic mass is 127. The molecule has 4 heteroatoms. The molecule has 0 aromatic heterocycles. The number of hydrogen-bond acceptors (Lipinski definition) is 3. The summed E-state index contributed by atoms with van der Waals surface area (Å²) in [6, 6.07) is 22.6. The number of methoxy groups -OCH3 is 1. The fraction of sp³-hybridized carbons (Fsp3) is 0.182. The third-order valence-electron chi connectivity index (χ3n) is 4.14. The number of rotatable bonds is 7. The van der Waals surface area contributed by atoms with E-state index >= 15 is 0 Å². The van der Waals surface area contributed by atoms with Crippen molar-refractivity contribution in [3.05, 3.63) is 87.0 Å². The minimum absolute atomic E-state index is 0.522. The van der Waals surface area contributed by atoms with Gasteiger partial charge < -0.3 is 14.8 Å². The van der Waals surface area contributed by atoms with Crippen molar-refractivity contribution in [3.63, 3.8) is 0 Å². The minimum atomic E-state index is 0.522. The first kappa shape index (κ1) is 18.6. The lowest BCUT2D eigenvalue weighted by Crippen LogP contribution is -2.04. The van der Waals surface area contributed by atoms with Gasteiger partial charge in [-0.1, -0.05) is 48.5 Å². The zero-order chi connectivity index (χ0) is 18.4. The average molecular weight is 459 g/mol. The number of halogens is 1. The smallest absolute Gasteiger partial charge is 0.174 e. The first-order valence-corrected chi connectivity index (χ1v) is 9.58. The molecule has 3 rings (SSSR count). The van der Waals surface area contributed by atoms with Crippen molar-refractivity contribution in [1.29, 1.82) is 0 Å². The molecule has 26 heavy (non-hydrogen) atoms. The lowest BCUT2D eigenvalue weighted by Gasteiger charge is -2.15. The largest absolute Gasteiger partial charge is 0.493 e. The number of hydrogen-bond donors (Lipinski definition) is 1. The van der Waals surface area contributed by atoms with Gasteiger partial charge in [0.15, 0.2) is 11.5 Å². The van der Waals surface area contributed by atoms with Crippen LogP contribution < -0.4 is 14.8 Å². The molecule has 0 unspecified atom stereocenters. The second kappa shape index (κ2) is 8.94. The van der Waals surface area contributed by atoms with Crippen molar-refractivity contribution in [1.82, 2.24) is 0 Å². The van der Waals surface area contributed by atoms with Gasteiger partial charge in [0, 0.05) is 12.2 Å². The van der Waals surface area contributed by atoms with Crippen molar-refractivity contribution < 1.29 is 9.47 Å². The maximum atomic E-state index is 6.03. The molecule has 0 aliphatic heterocycles. The van der Waals surface area contributed by atoms with Gasteiger partial charge in [0.2, 0.25) is 0 Å².